The Kier molecular flexibility index (Phi) is 4.05. The van der Waals surface area contributed by atoms with E-state index in [9.17, 15) is 4.79 Å². The van der Waals surface area contributed by atoms with Gasteiger partial charge in [-0.15, -0.1) is 0 Å². The normalized spacial score (nSPS) is 10.3. The smallest absolute Gasteiger partial charge is 0.286 e. The summed E-state index contributed by atoms with van der Waals surface area (Å²) in [6, 6.07) is 9.30. The Labute approximate surface area is 111 Å². The summed E-state index contributed by atoms with van der Waals surface area (Å²) in [7, 11) is 0. The number of hydrogen-bond donors (Lipinski definition) is 1. The average molecular weight is 264 g/mol. The maximum atomic E-state index is 11.7. The van der Waals surface area contributed by atoms with Crippen LogP contribution < -0.4 is 5.32 Å². The molecule has 0 aliphatic rings. The number of nitrogens with one attached hydrogen (secondary N) is 1. The molecule has 0 atom stereocenters. The van der Waals surface area contributed by atoms with E-state index in [4.69, 9.17) is 16.0 Å². The number of amides is 1. The molecule has 0 spiro atoms. The lowest BCUT2D eigenvalue weighted by molar-refractivity contribution is 0.0926. The lowest BCUT2D eigenvalue weighted by Gasteiger charge is -2.03. The molecular formula is C14H14ClNO2. The Bertz CT molecular complexity index is 531. The van der Waals surface area contributed by atoms with Gasteiger partial charge in [-0.25, -0.2) is 0 Å². The van der Waals surface area contributed by atoms with Crippen molar-refractivity contribution in [3.63, 3.8) is 0 Å². The monoisotopic (exact) mass is 263 g/mol. The van der Waals surface area contributed by atoms with Crippen molar-refractivity contribution in [1.29, 1.82) is 0 Å². The van der Waals surface area contributed by atoms with Crippen LogP contribution in [0.4, 0.5) is 0 Å². The molecule has 2 rings (SSSR count). The molecule has 4 heteroatoms. The molecule has 1 N–H and O–H groups in total. The van der Waals surface area contributed by atoms with Gasteiger partial charge in [-0.3, -0.25) is 4.79 Å². The number of aryl methyl sites for hydroxylation is 1. The van der Waals surface area contributed by atoms with Gasteiger partial charge in [-0.05, 0) is 42.7 Å². The molecule has 3 nitrogen and oxygen atoms in total. The van der Waals surface area contributed by atoms with Gasteiger partial charge in [0.05, 0.1) is 6.26 Å². The fourth-order valence-electron chi connectivity index (χ4n) is 1.61. The predicted molar refractivity (Wildman–Crippen MR) is 70.9 cm³/mol. The highest BCUT2D eigenvalue weighted by Gasteiger charge is 2.08. The second-order valence-corrected chi connectivity index (χ2v) is 4.56. The number of hydrogen-bond acceptors (Lipinski definition) is 2. The number of halogens is 1. The highest BCUT2D eigenvalue weighted by molar-refractivity contribution is 6.30. The van der Waals surface area contributed by atoms with Crippen LogP contribution in [0, 0.1) is 6.92 Å². The van der Waals surface area contributed by atoms with Gasteiger partial charge in [0.15, 0.2) is 5.76 Å². The van der Waals surface area contributed by atoms with E-state index in [1.54, 1.807) is 12.3 Å². The van der Waals surface area contributed by atoms with E-state index in [2.05, 4.69) is 5.32 Å². The van der Waals surface area contributed by atoms with Gasteiger partial charge in [-0.2, -0.15) is 0 Å². The molecule has 0 saturated carbocycles. The van der Waals surface area contributed by atoms with Crippen LogP contribution in [0.1, 0.15) is 21.7 Å². The summed E-state index contributed by atoms with van der Waals surface area (Å²) in [5.41, 5.74) is 2.08. The third-order valence-electron chi connectivity index (χ3n) is 2.57. The SMILES string of the molecule is Cc1coc(C(=O)NCCc2ccc(Cl)cc2)c1. The van der Waals surface area contributed by atoms with Gasteiger partial charge in [0, 0.05) is 11.6 Å². The first-order valence-corrected chi connectivity index (χ1v) is 6.11. The van der Waals surface area contributed by atoms with E-state index in [1.807, 2.05) is 31.2 Å². The third-order valence-corrected chi connectivity index (χ3v) is 2.82. The van der Waals surface area contributed by atoms with Gasteiger partial charge >= 0.3 is 0 Å². The standard InChI is InChI=1S/C14H14ClNO2/c1-10-8-13(18-9-10)14(17)16-7-6-11-2-4-12(15)5-3-11/h2-5,8-9H,6-7H2,1H3,(H,16,17). The van der Waals surface area contributed by atoms with Gasteiger partial charge < -0.3 is 9.73 Å². The van der Waals surface area contributed by atoms with Crippen molar-refractivity contribution < 1.29 is 9.21 Å². The van der Waals surface area contributed by atoms with Crippen molar-refractivity contribution in [2.45, 2.75) is 13.3 Å². The fraction of sp³-hybridized carbons (Fsp3) is 0.214. The van der Waals surface area contributed by atoms with E-state index in [-0.39, 0.29) is 5.91 Å². The Hall–Kier alpha value is -1.74. The number of carbonyl (C=O) groups is 1. The minimum Gasteiger partial charge on any atom is -0.459 e. The van der Waals surface area contributed by atoms with E-state index in [0.717, 1.165) is 17.5 Å². The van der Waals surface area contributed by atoms with Gasteiger partial charge in [0.25, 0.3) is 5.91 Å². The fourth-order valence-corrected chi connectivity index (χ4v) is 1.73. The van der Waals surface area contributed by atoms with Crippen molar-refractivity contribution in [3.05, 3.63) is 58.5 Å². The highest BCUT2D eigenvalue weighted by atomic mass is 35.5. The van der Waals surface area contributed by atoms with Gasteiger partial charge in [0.1, 0.15) is 0 Å². The molecule has 18 heavy (non-hydrogen) atoms. The van der Waals surface area contributed by atoms with Crippen molar-refractivity contribution in [2.75, 3.05) is 6.54 Å². The summed E-state index contributed by atoms with van der Waals surface area (Å²) in [6.45, 7) is 2.45. The van der Waals surface area contributed by atoms with E-state index < -0.39 is 0 Å². The lowest BCUT2D eigenvalue weighted by atomic mass is 10.1. The van der Waals surface area contributed by atoms with Gasteiger partial charge in [-0.1, -0.05) is 23.7 Å². The zero-order valence-corrected chi connectivity index (χ0v) is 10.8. The summed E-state index contributed by atoms with van der Waals surface area (Å²) in [4.78, 5) is 11.7. The topological polar surface area (TPSA) is 42.2 Å². The minimum absolute atomic E-state index is 0.183. The average Bonchev–Trinajstić information content (AvgIpc) is 2.78. The Morgan fingerprint density at radius 1 is 1.33 bits per heavy atom. The van der Waals surface area contributed by atoms with E-state index in [1.165, 1.54) is 0 Å². The molecule has 1 aromatic carbocycles. The number of rotatable bonds is 4. The molecule has 0 unspecified atom stereocenters. The summed E-state index contributed by atoms with van der Waals surface area (Å²) in [5.74, 6) is 0.167. The molecule has 0 aliphatic carbocycles. The quantitative estimate of drug-likeness (QED) is 0.920. The van der Waals surface area contributed by atoms with Crippen molar-refractivity contribution >= 4 is 17.5 Å². The molecule has 1 heterocycles. The molecule has 0 bridgehead atoms. The molecule has 2 aromatic rings. The van der Waals surface area contributed by atoms with Gasteiger partial charge in [0.2, 0.25) is 0 Å². The van der Waals surface area contributed by atoms with Crippen LogP contribution in [0.5, 0.6) is 0 Å². The van der Waals surface area contributed by atoms with Crippen LogP contribution in [-0.2, 0) is 6.42 Å². The zero-order valence-electron chi connectivity index (χ0n) is 10.1. The van der Waals surface area contributed by atoms with Crippen LogP contribution in [-0.4, -0.2) is 12.5 Å². The van der Waals surface area contributed by atoms with E-state index in [0.29, 0.717) is 17.3 Å². The summed E-state index contributed by atoms with van der Waals surface area (Å²) in [6.07, 6.45) is 2.33. The second-order valence-electron chi connectivity index (χ2n) is 4.12. The largest absolute Gasteiger partial charge is 0.459 e. The molecule has 0 radical (unpaired) electrons. The van der Waals surface area contributed by atoms with Crippen molar-refractivity contribution in [3.8, 4) is 0 Å². The van der Waals surface area contributed by atoms with Crippen LogP contribution in [0.2, 0.25) is 5.02 Å². The molecule has 0 aliphatic heterocycles. The Morgan fingerprint density at radius 2 is 2.06 bits per heavy atom. The van der Waals surface area contributed by atoms with Crippen LogP contribution >= 0.6 is 11.6 Å². The molecule has 94 valence electrons. The Morgan fingerprint density at radius 3 is 2.67 bits per heavy atom. The van der Waals surface area contributed by atoms with E-state index >= 15 is 0 Å². The molecule has 1 amide bonds. The summed E-state index contributed by atoms with van der Waals surface area (Å²) >= 11 is 5.80. The predicted octanol–water partition coefficient (Wildman–Crippen LogP) is 3.21. The maximum absolute atomic E-state index is 11.7. The molecule has 0 fully saturated rings. The van der Waals surface area contributed by atoms with Crippen LogP contribution in [0.25, 0.3) is 0 Å². The number of furan rings is 1. The maximum Gasteiger partial charge on any atom is 0.286 e. The Balaban J connectivity index is 1.82. The first kappa shape index (κ1) is 12.7. The number of benzene rings is 1. The first-order chi connectivity index (χ1) is 8.65. The van der Waals surface area contributed by atoms with Crippen molar-refractivity contribution in [1.82, 2.24) is 5.32 Å². The first-order valence-electron chi connectivity index (χ1n) is 5.73. The van der Waals surface area contributed by atoms with Crippen LogP contribution in [0.3, 0.4) is 0 Å². The molecule has 1 aromatic heterocycles. The zero-order chi connectivity index (χ0) is 13.0. The lowest BCUT2D eigenvalue weighted by Crippen LogP contribution is -2.25. The highest BCUT2D eigenvalue weighted by Crippen LogP contribution is 2.10. The number of carbonyl (C=O) groups excluding carboxylic acids is 1. The summed E-state index contributed by atoms with van der Waals surface area (Å²) < 4.78 is 5.12. The molecular weight excluding hydrogens is 250 g/mol. The summed E-state index contributed by atoms with van der Waals surface area (Å²) in [5, 5.41) is 3.53. The third kappa shape index (κ3) is 3.37. The van der Waals surface area contributed by atoms with Crippen molar-refractivity contribution in [2.24, 2.45) is 0 Å². The molecule has 0 saturated heterocycles. The second kappa shape index (κ2) is 5.74. The van der Waals surface area contributed by atoms with Crippen LogP contribution in [0.15, 0.2) is 41.0 Å². The minimum atomic E-state index is -0.183.